The average Bonchev–Trinajstić information content (AvgIpc) is 3.10. The Balaban J connectivity index is 1.64. The van der Waals surface area contributed by atoms with Gasteiger partial charge in [0, 0.05) is 17.4 Å². The number of benzene rings is 2. The van der Waals surface area contributed by atoms with Crippen LogP contribution in [-0.2, 0) is 16.4 Å². The smallest absolute Gasteiger partial charge is 0.279 e. The molecule has 1 amide bonds. The lowest BCUT2D eigenvalue weighted by Gasteiger charge is -2.24. The Bertz CT molecular complexity index is 986. The summed E-state index contributed by atoms with van der Waals surface area (Å²) >= 11 is 1.41. The van der Waals surface area contributed by atoms with Gasteiger partial charge in [0.2, 0.25) is 0 Å². The van der Waals surface area contributed by atoms with Crippen LogP contribution in [0.4, 0.5) is 0 Å². The number of rotatable bonds is 3. The predicted octanol–water partition coefficient (Wildman–Crippen LogP) is 2.91. The van der Waals surface area contributed by atoms with Crippen molar-refractivity contribution in [1.29, 1.82) is 0 Å². The summed E-state index contributed by atoms with van der Waals surface area (Å²) in [5.74, 6) is -0.0322. The maximum Gasteiger partial charge on any atom is 0.279 e. The molecule has 0 N–H and O–H groups in total. The molecule has 5 nitrogen and oxygen atoms in total. The second-order valence-corrected chi connectivity index (χ2v) is 10.3. The van der Waals surface area contributed by atoms with Crippen molar-refractivity contribution >= 4 is 32.7 Å². The lowest BCUT2D eigenvalue weighted by Crippen LogP contribution is -2.37. The Morgan fingerprint density at radius 1 is 1.11 bits per heavy atom. The molecule has 0 aromatic heterocycles. The molecule has 2 fully saturated rings. The van der Waals surface area contributed by atoms with E-state index in [1.54, 1.807) is 24.3 Å². The van der Waals surface area contributed by atoms with Crippen LogP contribution in [0.5, 0.6) is 0 Å². The van der Waals surface area contributed by atoms with Crippen molar-refractivity contribution in [1.82, 2.24) is 4.90 Å². The molecule has 0 radical (unpaired) electrons. The second kappa shape index (κ2) is 7.13. The van der Waals surface area contributed by atoms with E-state index in [1.807, 2.05) is 42.2 Å². The van der Waals surface area contributed by atoms with E-state index in [0.717, 1.165) is 5.56 Å². The van der Waals surface area contributed by atoms with Crippen LogP contribution in [-0.4, -0.2) is 47.2 Å². The quantitative estimate of drug-likeness (QED) is 0.793. The van der Waals surface area contributed by atoms with Crippen LogP contribution >= 0.6 is 11.8 Å². The first-order valence-electron chi connectivity index (χ1n) is 8.79. The van der Waals surface area contributed by atoms with Gasteiger partial charge < -0.3 is 4.90 Å². The summed E-state index contributed by atoms with van der Waals surface area (Å²) in [6, 6.07) is 16.9. The molecule has 0 spiro atoms. The highest BCUT2D eigenvalue weighted by molar-refractivity contribution is 8.15. The van der Waals surface area contributed by atoms with E-state index in [9.17, 15) is 13.2 Å². The molecule has 2 saturated heterocycles. The summed E-state index contributed by atoms with van der Waals surface area (Å²) in [4.78, 5) is 18.9. The Kier molecular flexibility index (Phi) is 4.82. The minimum atomic E-state index is -3.04. The third-order valence-corrected chi connectivity index (χ3v) is 8.11. The number of amidine groups is 1. The number of carbonyl (C=O) groups excluding carboxylic acids is 1. The van der Waals surface area contributed by atoms with Crippen molar-refractivity contribution in [2.75, 3.05) is 11.5 Å². The zero-order chi connectivity index (χ0) is 19.0. The van der Waals surface area contributed by atoms with Gasteiger partial charge in [0.1, 0.15) is 0 Å². The number of thioether (sulfide) groups is 1. The van der Waals surface area contributed by atoms with Gasteiger partial charge in [0.15, 0.2) is 15.0 Å². The Morgan fingerprint density at radius 2 is 1.81 bits per heavy atom. The van der Waals surface area contributed by atoms with Crippen LogP contribution in [0.25, 0.3) is 0 Å². The topological polar surface area (TPSA) is 66.8 Å². The molecule has 2 heterocycles. The highest BCUT2D eigenvalue weighted by Crippen LogP contribution is 2.39. The molecule has 0 bridgehead atoms. The van der Waals surface area contributed by atoms with Gasteiger partial charge in [-0.2, -0.15) is 4.99 Å². The van der Waals surface area contributed by atoms with Crippen LogP contribution in [0.2, 0.25) is 0 Å². The van der Waals surface area contributed by atoms with Gasteiger partial charge in [-0.1, -0.05) is 59.8 Å². The number of nitrogens with zero attached hydrogens (tertiary/aromatic N) is 2. The lowest BCUT2D eigenvalue weighted by molar-refractivity contribution is 0.100. The molecule has 2 aliphatic rings. The maximum atomic E-state index is 12.5. The van der Waals surface area contributed by atoms with Crippen molar-refractivity contribution in [2.45, 2.75) is 24.8 Å². The minimum absolute atomic E-state index is 0.0669. The van der Waals surface area contributed by atoms with E-state index < -0.39 is 9.84 Å². The number of sulfone groups is 1. The normalized spacial score (nSPS) is 24.9. The standard InChI is InChI=1S/C20H20N2O3S2/c1-14-7-9-15(10-8-14)11-22-17-12-27(24,25)13-18(17)26-20(22)21-19(23)16-5-3-2-4-6-16/h2-10,17-18H,11-13H2,1H3/t17-,18+/m0/s1. The molecule has 0 aliphatic carbocycles. The van der Waals surface area contributed by atoms with E-state index >= 15 is 0 Å². The van der Waals surface area contributed by atoms with Crippen molar-refractivity contribution in [2.24, 2.45) is 4.99 Å². The minimum Gasteiger partial charge on any atom is -0.342 e. The third kappa shape index (κ3) is 3.94. The van der Waals surface area contributed by atoms with E-state index in [2.05, 4.69) is 4.99 Å². The van der Waals surface area contributed by atoms with Crippen LogP contribution < -0.4 is 0 Å². The molecule has 27 heavy (non-hydrogen) atoms. The monoisotopic (exact) mass is 400 g/mol. The van der Waals surface area contributed by atoms with Gasteiger partial charge in [-0.3, -0.25) is 4.79 Å². The zero-order valence-electron chi connectivity index (χ0n) is 14.9. The van der Waals surface area contributed by atoms with E-state index in [-0.39, 0.29) is 28.7 Å². The zero-order valence-corrected chi connectivity index (χ0v) is 16.5. The highest BCUT2D eigenvalue weighted by atomic mass is 32.2. The predicted molar refractivity (Wildman–Crippen MR) is 109 cm³/mol. The molecular weight excluding hydrogens is 380 g/mol. The van der Waals surface area contributed by atoms with Gasteiger partial charge >= 0.3 is 0 Å². The highest BCUT2D eigenvalue weighted by Gasteiger charge is 2.48. The van der Waals surface area contributed by atoms with Gasteiger partial charge in [0.25, 0.3) is 5.91 Å². The van der Waals surface area contributed by atoms with Gasteiger partial charge in [-0.15, -0.1) is 0 Å². The van der Waals surface area contributed by atoms with Gasteiger partial charge in [-0.25, -0.2) is 8.42 Å². The molecule has 7 heteroatoms. The average molecular weight is 401 g/mol. The van der Waals surface area contributed by atoms with E-state index in [0.29, 0.717) is 17.3 Å². The summed E-state index contributed by atoms with van der Waals surface area (Å²) in [6.45, 7) is 2.57. The third-order valence-electron chi connectivity index (χ3n) is 4.87. The van der Waals surface area contributed by atoms with Crippen molar-refractivity contribution in [3.63, 3.8) is 0 Å². The molecule has 2 aliphatic heterocycles. The molecule has 2 aromatic carbocycles. The number of hydrogen-bond acceptors (Lipinski definition) is 4. The van der Waals surface area contributed by atoms with Crippen LogP contribution in [0.1, 0.15) is 21.5 Å². The molecule has 2 atom stereocenters. The maximum absolute atomic E-state index is 12.5. The van der Waals surface area contributed by atoms with Crippen molar-refractivity contribution in [3.8, 4) is 0 Å². The fourth-order valence-corrected chi connectivity index (χ4v) is 7.39. The number of carbonyl (C=O) groups is 1. The van der Waals surface area contributed by atoms with Gasteiger partial charge in [0.05, 0.1) is 17.5 Å². The number of hydrogen-bond donors (Lipinski definition) is 0. The van der Waals surface area contributed by atoms with E-state index in [1.165, 1.54) is 17.3 Å². The van der Waals surface area contributed by atoms with Gasteiger partial charge in [-0.05, 0) is 24.6 Å². The summed E-state index contributed by atoms with van der Waals surface area (Å²) < 4.78 is 24.2. The Labute approximate surface area is 163 Å². The van der Waals surface area contributed by atoms with Crippen molar-refractivity contribution < 1.29 is 13.2 Å². The molecular formula is C20H20N2O3S2. The molecule has 140 valence electrons. The summed E-state index contributed by atoms with van der Waals surface area (Å²) in [7, 11) is -3.04. The number of aryl methyl sites for hydroxylation is 1. The first-order valence-corrected chi connectivity index (χ1v) is 11.5. The second-order valence-electron chi connectivity index (χ2n) is 6.98. The Hall–Kier alpha value is -2.12. The summed E-state index contributed by atoms with van der Waals surface area (Å²) in [5, 5.41) is 0.553. The summed E-state index contributed by atoms with van der Waals surface area (Å²) in [6.07, 6.45) is 0. The van der Waals surface area contributed by atoms with Crippen molar-refractivity contribution in [3.05, 3.63) is 71.3 Å². The number of aliphatic imine (C=N–C) groups is 1. The molecule has 0 unspecified atom stereocenters. The molecule has 0 saturated carbocycles. The Morgan fingerprint density at radius 3 is 2.52 bits per heavy atom. The first kappa shape index (κ1) is 18.3. The number of fused-ring (bicyclic) bond motifs is 1. The molecule has 4 rings (SSSR count). The van der Waals surface area contributed by atoms with Crippen LogP contribution in [0, 0.1) is 6.92 Å². The van der Waals surface area contributed by atoms with E-state index in [4.69, 9.17) is 0 Å². The van der Waals surface area contributed by atoms with Crippen LogP contribution in [0.3, 0.4) is 0 Å². The van der Waals surface area contributed by atoms with Crippen LogP contribution in [0.15, 0.2) is 59.6 Å². The first-order chi connectivity index (χ1) is 12.9. The summed E-state index contributed by atoms with van der Waals surface area (Å²) in [5.41, 5.74) is 2.78. The lowest BCUT2D eigenvalue weighted by atomic mass is 10.1. The molecule has 2 aromatic rings. The fourth-order valence-electron chi connectivity index (χ4n) is 3.44. The largest absolute Gasteiger partial charge is 0.342 e. The fraction of sp³-hybridized carbons (Fsp3) is 0.300. The number of amides is 1. The SMILES string of the molecule is Cc1ccc(CN2C(=NC(=O)c3ccccc3)S[C@@H]3CS(=O)(=O)C[C@@H]32)cc1.